The molecule has 0 aliphatic carbocycles. The fourth-order valence-corrected chi connectivity index (χ4v) is 3.91. The molecule has 0 saturated carbocycles. The van der Waals surface area contributed by atoms with Gasteiger partial charge in [0.25, 0.3) is 5.91 Å². The first kappa shape index (κ1) is 19.4. The lowest BCUT2D eigenvalue weighted by Crippen LogP contribution is -2.48. The van der Waals surface area contributed by atoms with E-state index in [9.17, 15) is 18.0 Å². The van der Waals surface area contributed by atoms with E-state index in [2.05, 4.69) is 15.3 Å². The highest BCUT2D eigenvalue weighted by Crippen LogP contribution is 2.34. The van der Waals surface area contributed by atoms with Crippen molar-refractivity contribution in [2.75, 3.05) is 31.1 Å². The Bertz CT molecular complexity index is 1010. The number of alkyl halides is 3. The summed E-state index contributed by atoms with van der Waals surface area (Å²) in [7, 11) is 0. The van der Waals surface area contributed by atoms with Crippen molar-refractivity contribution in [3.05, 3.63) is 52.8 Å². The van der Waals surface area contributed by atoms with Gasteiger partial charge in [0.1, 0.15) is 0 Å². The van der Waals surface area contributed by atoms with Crippen LogP contribution in [0.3, 0.4) is 0 Å². The summed E-state index contributed by atoms with van der Waals surface area (Å²) in [6, 6.07) is 7.26. The van der Waals surface area contributed by atoms with E-state index in [1.807, 2.05) is 25.3 Å². The molecule has 7 nitrogen and oxygen atoms in total. The van der Waals surface area contributed by atoms with Crippen molar-refractivity contribution >= 4 is 22.4 Å². The average molecular weight is 422 g/mol. The Kier molecular flexibility index (Phi) is 4.99. The molecule has 1 saturated heterocycles. The second kappa shape index (κ2) is 7.47. The molecule has 0 atom stereocenters. The normalized spacial score (nSPS) is 15.0. The zero-order valence-electron chi connectivity index (χ0n) is 15.4. The van der Waals surface area contributed by atoms with Crippen molar-refractivity contribution in [3.8, 4) is 5.69 Å². The van der Waals surface area contributed by atoms with E-state index >= 15 is 0 Å². The van der Waals surface area contributed by atoms with Crippen LogP contribution < -0.4 is 4.90 Å². The summed E-state index contributed by atoms with van der Waals surface area (Å²) in [5.41, 5.74) is 2.37. The number of halogens is 3. The number of hydrogen-bond acceptors (Lipinski definition) is 6. The first-order valence-electron chi connectivity index (χ1n) is 8.88. The second-order valence-corrected chi connectivity index (χ2v) is 7.57. The molecular weight excluding hydrogens is 405 g/mol. The number of amides is 1. The van der Waals surface area contributed by atoms with Gasteiger partial charge in [0, 0.05) is 44.1 Å². The van der Waals surface area contributed by atoms with Crippen LogP contribution in [0.15, 0.2) is 36.7 Å². The minimum Gasteiger partial charge on any atom is -0.343 e. The first-order chi connectivity index (χ1) is 13.8. The van der Waals surface area contributed by atoms with Crippen molar-refractivity contribution in [1.29, 1.82) is 0 Å². The van der Waals surface area contributed by atoms with Gasteiger partial charge in [-0.2, -0.15) is 18.3 Å². The predicted molar refractivity (Wildman–Crippen MR) is 101 cm³/mol. The van der Waals surface area contributed by atoms with Gasteiger partial charge in [-0.25, -0.2) is 4.68 Å². The molecule has 4 rings (SSSR count). The van der Waals surface area contributed by atoms with Crippen LogP contribution in [0.4, 0.5) is 18.3 Å². The molecule has 1 amide bonds. The highest BCUT2D eigenvalue weighted by atomic mass is 32.1. The van der Waals surface area contributed by atoms with Gasteiger partial charge in [0.2, 0.25) is 10.1 Å². The van der Waals surface area contributed by atoms with E-state index in [1.54, 1.807) is 32.8 Å². The molecule has 0 spiro atoms. The lowest BCUT2D eigenvalue weighted by molar-refractivity contribution is -0.138. The molecule has 29 heavy (non-hydrogen) atoms. The topological polar surface area (TPSA) is 67.2 Å². The molecule has 1 aliphatic rings. The largest absolute Gasteiger partial charge is 0.445 e. The maximum Gasteiger partial charge on any atom is 0.445 e. The number of anilines is 1. The lowest BCUT2D eigenvalue weighted by Gasteiger charge is -2.34. The summed E-state index contributed by atoms with van der Waals surface area (Å²) >= 11 is 0.520. The summed E-state index contributed by atoms with van der Waals surface area (Å²) in [6.45, 7) is 3.53. The fraction of sp³-hybridized carbons (Fsp3) is 0.333. The second-order valence-electron chi connectivity index (χ2n) is 6.62. The van der Waals surface area contributed by atoms with Gasteiger partial charge in [0.15, 0.2) is 0 Å². The van der Waals surface area contributed by atoms with E-state index in [0.29, 0.717) is 43.1 Å². The Hall–Kier alpha value is -2.95. The quantitative estimate of drug-likeness (QED) is 0.649. The van der Waals surface area contributed by atoms with Crippen LogP contribution in [0, 0.1) is 6.92 Å². The van der Waals surface area contributed by atoms with E-state index in [-0.39, 0.29) is 11.0 Å². The standard InChI is InChI=1S/C18H17F3N6OS/c1-12-3-4-13(11-14(12)27-6-2-5-22-27)15(28)25-7-9-26(10-8-25)17-24-23-16(29-17)18(19,20)21/h2-6,11H,7-10H2,1H3. The summed E-state index contributed by atoms with van der Waals surface area (Å²) in [4.78, 5) is 16.3. The summed E-state index contributed by atoms with van der Waals surface area (Å²) < 4.78 is 39.9. The van der Waals surface area contributed by atoms with Crippen molar-refractivity contribution in [1.82, 2.24) is 24.9 Å². The molecule has 152 valence electrons. The number of carbonyl (C=O) groups excluding carboxylic acids is 1. The number of carbonyl (C=O) groups is 1. The molecule has 1 fully saturated rings. The van der Waals surface area contributed by atoms with Crippen molar-refractivity contribution < 1.29 is 18.0 Å². The van der Waals surface area contributed by atoms with E-state index < -0.39 is 11.2 Å². The Balaban J connectivity index is 1.44. The first-order valence-corrected chi connectivity index (χ1v) is 9.70. The van der Waals surface area contributed by atoms with Gasteiger partial charge >= 0.3 is 6.18 Å². The smallest absolute Gasteiger partial charge is 0.343 e. The molecule has 0 bridgehead atoms. The number of nitrogens with zero attached hydrogens (tertiary/aromatic N) is 6. The number of benzene rings is 1. The summed E-state index contributed by atoms with van der Waals surface area (Å²) in [5, 5.41) is 10.3. The van der Waals surface area contributed by atoms with Gasteiger partial charge in [-0.05, 0) is 30.7 Å². The van der Waals surface area contributed by atoms with Crippen LogP contribution in [0.25, 0.3) is 5.69 Å². The van der Waals surface area contributed by atoms with Crippen LogP contribution in [-0.4, -0.2) is 57.0 Å². The SMILES string of the molecule is Cc1ccc(C(=O)N2CCN(c3nnc(C(F)(F)F)s3)CC2)cc1-n1cccn1. The Morgan fingerprint density at radius 3 is 2.52 bits per heavy atom. The maximum atomic E-state index is 12.9. The summed E-state index contributed by atoms with van der Waals surface area (Å²) in [5.74, 6) is -0.119. The molecule has 0 N–H and O–H groups in total. The van der Waals surface area contributed by atoms with E-state index in [4.69, 9.17) is 0 Å². The molecule has 11 heteroatoms. The van der Waals surface area contributed by atoms with Gasteiger partial charge in [0.05, 0.1) is 5.69 Å². The number of piperazine rings is 1. The molecule has 3 aromatic rings. The van der Waals surface area contributed by atoms with Crippen LogP contribution in [-0.2, 0) is 6.18 Å². The number of aryl methyl sites for hydroxylation is 1. The van der Waals surface area contributed by atoms with Gasteiger partial charge < -0.3 is 9.80 Å². The fourth-order valence-electron chi connectivity index (χ4n) is 3.14. The van der Waals surface area contributed by atoms with Crippen molar-refractivity contribution in [2.45, 2.75) is 13.1 Å². The number of hydrogen-bond donors (Lipinski definition) is 0. The predicted octanol–water partition coefficient (Wildman–Crippen LogP) is 3.01. The highest BCUT2D eigenvalue weighted by Gasteiger charge is 2.36. The minimum atomic E-state index is -4.49. The Morgan fingerprint density at radius 1 is 1.14 bits per heavy atom. The lowest BCUT2D eigenvalue weighted by atomic mass is 10.1. The van der Waals surface area contributed by atoms with Gasteiger partial charge in [-0.1, -0.05) is 17.4 Å². The zero-order valence-corrected chi connectivity index (χ0v) is 16.2. The molecular formula is C18H17F3N6OS. The number of aromatic nitrogens is 4. The van der Waals surface area contributed by atoms with Gasteiger partial charge in [-0.3, -0.25) is 4.79 Å². The zero-order chi connectivity index (χ0) is 20.6. The number of rotatable bonds is 3. The summed E-state index contributed by atoms with van der Waals surface area (Å²) in [6.07, 6.45) is -1.01. The van der Waals surface area contributed by atoms with E-state index in [0.717, 1.165) is 11.3 Å². The minimum absolute atomic E-state index is 0.119. The molecule has 2 aromatic heterocycles. The molecule has 1 aliphatic heterocycles. The monoisotopic (exact) mass is 422 g/mol. The average Bonchev–Trinajstić information content (AvgIpc) is 3.40. The molecule has 0 radical (unpaired) electrons. The maximum absolute atomic E-state index is 12.9. The third-order valence-electron chi connectivity index (χ3n) is 4.70. The van der Waals surface area contributed by atoms with E-state index in [1.165, 1.54) is 0 Å². The molecule has 1 aromatic carbocycles. The highest BCUT2D eigenvalue weighted by molar-refractivity contribution is 7.15. The van der Waals surface area contributed by atoms with Crippen molar-refractivity contribution in [2.24, 2.45) is 0 Å². The molecule has 3 heterocycles. The van der Waals surface area contributed by atoms with Crippen LogP contribution in [0.5, 0.6) is 0 Å². The van der Waals surface area contributed by atoms with Crippen LogP contribution in [0.1, 0.15) is 20.9 Å². The third-order valence-corrected chi connectivity index (χ3v) is 5.73. The molecule has 0 unspecified atom stereocenters. The third kappa shape index (κ3) is 3.95. The Labute approximate surface area is 168 Å². The van der Waals surface area contributed by atoms with Crippen LogP contribution >= 0.6 is 11.3 Å². The van der Waals surface area contributed by atoms with Crippen molar-refractivity contribution in [3.63, 3.8) is 0 Å². The van der Waals surface area contributed by atoms with Crippen LogP contribution in [0.2, 0.25) is 0 Å². The Morgan fingerprint density at radius 2 is 1.90 bits per heavy atom. The van der Waals surface area contributed by atoms with Gasteiger partial charge in [-0.15, -0.1) is 10.2 Å².